The average Bonchev–Trinajstić information content (AvgIpc) is 2.63. The van der Waals surface area contributed by atoms with E-state index in [0.717, 1.165) is 0 Å². The quantitative estimate of drug-likeness (QED) is 0.436. The van der Waals surface area contributed by atoms with Crippen LogP contribution in [0.15, 0.2) is 42.0 Å². The Balaban J connectivity index is 2.31. The number of benzene rings is 2. The number of phenolic OH excluding ortho intramolecular Hbond substituents is 1. The third kappa shape index (κ3) is 5.40. The number of carbonyl (C=O) groups excluding carboxylic acids is 1. The second kappa shape index (κ2) is 8.97. The Morgan fingerprint density at radius 1 is 1.30 bits per heavy atom. The number of nitrogens with zero attached hydrogens (tertiary/aromatic N) is 1. The summed E-state index contributed by atoms with van der Waals surface area (Å²) < 4.78 is 11.0. The number of hydrogen-bond acceptors (Lipinski definition) is 5. The van der Waals surface area contributed by atoms with E-state index in [1.807, 2.05) is 19.9 Å². The minimum absolute atomic E-state index is 0.0782. The molecule has 6 nitrogen and oxygen atoms in total. The predicted octanol–water partition coefficient (Wildman–Crippen LogP) is 4.39. The van der Waals surface area contributed by atoms with Gasteiger partial charge in [-0.3, -0.25) is 4.79 Å². The fourth-order valence-electron chi connectivity index (χ4n) is 2.23. The SMILES string of the molecule is COc1cc(/C=C(/C#N)C(=O)Nc2ccc(O)cc2)cc(Cl)c1OC(C)C. The topological polar surface area (TPSA) is 91.6 Å². The third-order valence-corrected chi connectivity index (χ3v) is 3.69. The number of carbonyl (C=O) groups is 1. The van der Waals surface area contributed by atoms with Crippen LogP contribution in [0.25, 0.3) is 6.08 Å². The molecule has 0 aromatic heterocycles. The van der Waals surface area contributed by atoms with Crippen molar-refractivity contribution in [1.82, 2.24) is 0 Å². The van der Waals surface area contributed by atoms with Crippen LogP contribution < -0.4 is 14.8 Å². The molecule has 2 aromatic carbocycles. The van der Waals surface area contributed by atoms with Crippen LogP contribution in [-0.4, -0.2) is 24.2 Å². The summed E-state index contributed by atoms with van der Waals surface area (Å²) in [6, 6.07) is 11.0. The molecule has 0 aliphatic carbocycles. The van der Waals surface area contributed by atoms with Crippen LogP contribution in [-0.2, 0) is 4.79 Å². The Morgan fingerprint density at radius 2 is 1.96 bits per heavy atom. The number of halogens is 1. The highest BCUT2D eigenvalue weighted by Gasteiger charge is 2.15. The minimum Gasteiger partial charge on any atom is -0.508 e. The number of nitrogens with one attached hydrogen (secondary N) is 1. The second-order valence-corrected chi connectivity index (χ2v) is 6.28. The van der Waals surface area contributed by atoms with Crippen LogP contribution in [0.4, 0.5) is 5.69 Å². The van der Waals surface area contributed by atoms with E-state index in [1.54, 1.807) is 12.1 Å². The van der Waals surface area contributed by atoms with Gasteiger partial charge in [0.25, 0.3) is 5.91 Å². The number of hydrogen-bond donors (Lipinski definition) is 2. The maximum absolute atomic E-state index is 12.3. The molecule has 2 aromatic rings. The van der Waals surface area contributed by atoms with Crippen LogP contribution >= 0.6 is 11.6 Å². The van der Waals surface area contributed by atoms with Crippen LogP contribution in [0, 0.1) is 11.3 Å². The smallest absolute Gasteiger partial charge is 0.266 e. The zero-order valence-corrected chi connectivity index (χ0v) is 15.9. The van der Waals surface area contributed by atoms with Crippen LogP contribution in [0.2, 0.25) is 5.02 Å². The van der Waals surface area contributed by atoms with Crippen LogP contribution in [0.1, 0.15) is 19.4 Å². The first-order chi connectivity index (χ1) is 12.8. The van der Waals surface area contributed by atoms with Crippen molar-refractivity contribution in [2.75, 3.05) is 12.4 Å². The highest BCUT2D eigenvalue weighted by molar-refractivity contribution is 6.32. The summed E-state index contributed by atoms with van der Waals surface area (Å²) >= 11 is 6.27. The Kier molecular flexibility index (Phi) is 6.69. The molecule has 0 atom stereocenters. The van der Waals surface area contributed by atoms with Gasteiger partial charge in [0.15, 0.2) is 11.5 Å². The summed E-state index contributed by atoms with van der Waals surface area (Å²) in [5.74, 6) is 0.298. The first-order valence-corrected chi connectivity index (χ1v) is 8.48. The summed E-state index contributed by atoms with van der Waals surface area (Å²) in [6.07, 6.45) is 1.31. The molecule has 140 valence electrons. The first kappa shape index (κ1) is 20.1. The van der Waals surface area contributed by atoms with Crippen molar-refractivity contribution in [1.29, 1.82) is 5.26 Å². The Bertz CT molecular complexity index is 899. The Hall–Kier alpha value is -3.17. The third-order valence-electron chi connectivity index (χ3n) is 3.41. The molecular weight excluding hydrogens is 368 g/mol. The predicted molar refractivity (Wildman–Crippen MR) is 104 cm³/mol. The van der Waals surface area contributed by atoms with Crippen molar-refractivity contribution in [2.24, 2.45) is 0 Å². The lowest BCUT2D eigenvalue weighted by atomic mass is 10.1. The molecule has 0 heterocycles. The van der Waals surface area contributed by atoms with E-state index in [9.17, 15) is 15.2 Å². The number of amides is 1. The zero-order valence-electron chi connectivity index (χ0n) is 15.1. The van der Waals surface area contributed by atoms with E-state index in [1.165, 1.54) is 37.5 Å². The number of phenols is 1. The fourth-order valence-corrected chi connectivity index (χ4v) is 2.50. The summed E-state index contributed by atoms with van der Waals surface area (Å²) in [4.78, 5) is 12.3. The average molecular weight is 387 g/mol. The van der Waals surface area contributed by atoms with E-state index in [4.69, 9.17) is 21.1 Å². The van der Waals surface area contributed by atoms with Crippen molar-refractivity contribution >= 4 is 29.3 Å². The maximum atomic E-state index is 12.3. The van der Waals surface area contributed by atoms with E-state index >= 15 is 0 Å². The van der Waals surface area contributed by atoms with E-state index in [0.29, 0.717) is 27.8 Å². The molecule has 0 saturated carbocycles. The number of rotatable bonds is 6. The van der Waals surface area contributed by atoms with E-state index in [-0.39, 0.29) is 17.4 Å². The van der Waals surface area contributed by atoms with Crippen molar-refractivity contribution < 1.29 is 19.4 Å². The number of methoxy groups -OCH3 is 1. The van der Waals surface area contributed by atoms with Gasteiger partial charge < -0.3 is 19.9 Å². The monoisotopic (exact) mass is 386 g/mol. The summed E-state index contributed by atoms with van der Waals surface area (Å²) in [5, 5.41) is 21.5. The highest BCUT2D eigenvalue weighted by Crippen LogP contribution is 2.37. The standard InChI is InChI=1S/C20H19ClN2O4/c1-12(2)27-19-17(21)9-13(10-18(19)26-3)8-14(11-22)20(25)23-15-4-6-16(24)7-5-15/h4-10,12,24H,1-3H3,(H,23,25)/b14-8-. The molecule has 0 radical (unpaired) electrons. The molecule has 0 aliphatic rings. The van der Waals surface area contributed by atoms with Gasteiger partial charge in [-0.15, -0.1) is 0 Å². The van der Waals surface area contributed by atoms with Gasteiger partial charge in [0.05, 0.1) is 18.2 Å². The molecule has 2 rings (SSSR count). The van der Waals surface area contributed by atoms with Gasteiger partial charge in [-0.1, -0.05) is 11.6 Å². The lowest BCUT2D eigenvalue weighted by Gasteiger charge is -2.15. The van der Waals surface area contributed by atoms with Crippen LogP contribution in [0.3, 0.4) is 0 Å². The lowest BCUT2D eigenvalue weighted by Crippen LogP contribution is -2.13. The maximum Gasteiger partial charge on any atom is 0.266 e. The highest BCUT2D eigenvalue weighted by atomic mass is 35.5. The van der Waals surface area contributed by atoms with Gasteiger partial charge >= 0.3 is 0 Å². The molecule has 27 heavy (non-hydrogen) atoms. The first-order valence-electron chi connectivity index (χ1n) is 8.10. The fraction of sp³-hybridized carbons (Fsp3) is 0.200. The van der Waals surface area contributed by atoms with Gasteiger partial charge in [-0.05, 0) is 61.9 Å². The van der Waals surface area contributed by atoms with Gasteiger partial charge in [0.2, 0.25) is 0 Å². The van der Waals surface area contributed by atoms with Crippen molar-refractivity contribution in [2.45, 2.75) is 20.0 Å². The summed E-state index contributed by atoms with van der Waals surface area (Å²) in [6.45, 7) is 3.73. The van der Waals surface area contributed by atoms with Gasteiger partial charge in [-0.25, -0.2) is 0 Å². The molecule has 0 bridgehead atoms. The minimum atomic E-state index is -0.583. The lowest BCUT2D eigenvalue weighted by molar-refractivity contribution is -0.112. The van der Waals surface area contributed by atoms with Crippen molar-refractivity contribution in [3.8, 4) is 23.3 Å². The number of ether oxygens (including phenoxy) is 2. The van der Waals surface area contributed by atoms with Gasteiger partial charge in [-0.2, -0.15) is 5.26 Å². The zero-order chi connectivity index (χ0) is 20.0. The Labute approximate surface area is 162 Å². The van der Waals surface area contributed by atoms with Crippen molar-refractivity contribution in [3.05, 3.63) is 52.6 Å². The molecule has 1 amide bonds. The number of anilines is 1. The molecule has 0 saturated heterocycles. The summed E-state index contributed by atoms with van der Waals surface area (Å²) in [5.41, 5.74) is 0.860. The van der Waals surface area contributed by atoms with Gasteiger partial charge in [0, 0.05) is 5.69 Å². The Morgan fingerprint density at radius 3 is 2.52 bits per heavy atom. The summed E-state index contributed by atoms with van der Waals surface area (Å²) in [7, 11) is 1.48. The molecule has 0 aliphatic heterocycles. The van der Waals surface area contributed by atoms with E-state index in [2.05, 4.69) is 5.32 Å². The molecule has 7 heteroatoms. The van der Waals surface area contributed by atoms with E-state index < -0.39 is 5.91 Å². The second-order valence-electron chi connectivity index (χ2n) is 5.87. The molecule has 0 fully saturated rings. The largest absolute Gasteiger partial charge is 0.508 e. The number of nitriles is 1. The van der Waals surface area contributed by atoms with Crippen LogP contribution in [0.5, 0.6) is 17.2 Å². The van der Waals surface area contributed by atoms with Crippen molar-refractivity contribution in [3.63, 3.8) is 0 Å². The normalized spacial score (nSPS) is 11.0. The van der Waals surface area contributed by atoms with Gasteiger partial charge in [0.1, 0.15) is 17.4 Å². The number of aromatic hydroxyl groups is 1. The molecule has 0 unspecified atom stereocenters. The molecule has 2 N–H and O–H groups in total. The molecular formula is C20H19ClN2O4. The molecule has 0 spiro atoms.